The summed E-state index contributed by atoms with van der Waals surface area (Å²) in [5.74, 6) is 2.49. The first-order chi connectivity index (χ1) is 23.3. The SMILES string of the molecule is O=C(Nc1cccc(C(F)(F)F)c1)N1CCN(c2nc(Cc3ccccc3)nc3onc(-c4cccc(Oc5ccccc5)c4)c23)CC1. The fourth-order valence-electron chi connectivity index (χ4n) is 5.59. The van der Waals surface area contributed by atoms with Crippen molar-refractivity contribution >= 4 is 28.6 Å². The summed E-state index contributed by atoms with van der Waals surface area (Å²) in [7, 11) is 0. The van der Waals surface area contributed by atoms with Crippen LogP contribution in [-0.4, -0.2) is 52.2 Å². The third-order valence-corrected chi connectivity index (χ3v) is 7.96. The largest absolute Gasteiger partial charge is 0.457 e. The molecule has 0 aliphatic carbocycles. The van der Waals surface area contributed by atoms with E-state index in [0.717, 1.165) is 23.3 Å². The van der Waals surface area contributed by atoms with Crippen LogP contribution in [0.2, 0.25) is 0 Å². The molecule has 0 spiro atoms. The van der Waals surface area contributed by atoms with Crippen LogP contribution in [0.5, 0.6) is 11.5 Å². The number of aromatic nitrogens is 3. The van der Waals surface area contributed by atoms with Crippen LogP contribution in [0, 0.1) is 0 Å². The predicted octanol–water partition coefficient (Wildman–Crippen LogP) is 8.04. The van der Waals surface area contributed by atoms with Crippen molar-refractivity contribution in [3.05, 3.63) is 126 Å². The standard InChI is InChI=1S/C36H29F3N6O3/c37-36(38,39)26-12-8-13-27(23-26)40-35(46)45-19-17-44(18-20-45)33-31-32(25-11-7-16-29(22-25)47-28-14-5-2-6-15-28)43-48-34(31)42-30(41-33)21-24-9-3-1-4-10-24/h1-16,22-23H,17-21H2,(H,40,46). The average Bonchev–Trinajstić information content (AvgIpc) is 3.53. The molecule has 9 nitrogen and oxygen atoms in total. The summed E-state index contributed by atoms with van der Waals surface area (Å²) in [4.78, 5) is 26.4. The maximum Gasteiger partial charge on any atom is 0.416 e. The first-order valence-electron chi connectivity index (χ1n) is 15.3. The number of rotatable bonds is 7. The highest BCUT2D eigenvalue weighted by atomic mass is 19.4. The van der Waals surface area contributed by atoms with E-state index in [9.17, 15) is 18.0 Å². The number of para-hydroxylation sites is 1. The molecule has 12 heteroatoms. The van der Waals surface area contributed by atoms with E-state index in [2.05, 4.69) is 15.4 Å². The molecule has 0 atom stereocenters. The van der Waals surface area contributed by atoms with E-state index in [4.69, 9.17) is 19.2 Å². The molecule has 1 saturated heterocycles. The van der Waals surface area contributed by atoms with Crippen molar-refractivity contribution in [2.45, 2.75) is 12.6 Å². The molecule has 1 aliphatic heterocycles. The van der Waals surface area contributed by atoms with Gasteiger partial charge < -0.3 is 24.4 Å². The third-order valence-electron chi connectivity index (χ3n) is 7.96. The normalized spacial score (nSPS) is 13.5. The Balaban J connectivity index is 1.17. The van der Waals surface area contributed by atoms with Crippen LogP contribution in [0.25, 0.3) is 22.4 Å². The number of carbonyl (C=O) groups is 1. The number of urea groups is 1. The minimum absolute atomic E-state index is 0.0768. The van der Waals surface area contributed by atoms with Gasteiger partial charge in [0.05, 0.1) is 5.56 Å². The molecular formula is C36H29F3N6O3. The monoisotopic (exact) mass is 650 g/mol. The summed E-state index contributed by atoms with van der Waals surface area (Å²) < 4.78 is 51.4. The fourth-order valence-corrected chi connectivity index (χ4v) is 5.59. The van der Waals surface area contributed by atoms with Crippen molar-refractivity contribution in [2.24, 2.45) is 0 Å². The number of anilines is 2. The zero-order chi connectivity index (χ0) is 33.1. The second-order valence-electron chi connectivity index (χ2n) is 11.3. The molecule has 3 heterocycles. The van der Waals surface area contributed by atoms with E-state index in [1.807, 2.05) is 84.9 Å². The number of carbonyl (C=O) groups excluding carboxylic acids is 1. The summed E-state index contributed by atoms with van der Waals surface area (Å²) in [5.41, 5.74) is 1.92. The number of amides is 2. The van der Waals surface area contributed by atoms with Gasteiger partial charge >= 0.3 is 12.2 Å². The Labute approximate surface area is 273 Å². The number of fused-ring (bicyclic) bond motifs is 1. The van der Waals surface area contributed by atoms with Crippen LogP contribution >= 0.6 is 0 Å². The van der Waals surface area contributed by atoms with Crippen molar-refractivity contribution < 1.29 is 27.2 Å². The van der Waals surface area contributed by atoms with Crippen LogP contribution in [0.4, 0.5) is 29.5 Å². The maximum absolute atomic E-state index is 13.2. The number of piperazine rings is 1. The molecule has 48 heavy (non-hydrogen) atoms. The molecule has 242 valence electrons. The van der Waals surface area contributed by atoms with Gasteiger partial charge in [-0.2, -0.15) is 18.2 Å². The topological polar surface area (TPSA) is 96.6 Å². The van der Waals surface area contributed by atoms with Crippen molar-refractivity contribution in [2.75, 3.05) is 36.4 Å². The van der Waals surface area contributed by atoms with E-state index >= 15 is 0 Å². The summed E-state index contributed by atoms with van der Waals surface area (Å²) in [6, 6.07) is 30.9. The first kappa shape index (κ1) is 30.7. The zero-order valence-corrected chi connectivity index (χ0v) is 25.5. The summed E-state index contributed by atoms with van der Waals surface area (Å²) in [6.45, 7) is 1.44. The van der Waals surface area contributed by atoms with E-state index in [-0.39, 0.29) is 5.69 Å². The summed E-state index contributed by atoms with van der Waals surface area (Å²) in [6.07, 6.45) is -4.04. The Morgan fingerprint density at radius 1 is 0.812 bits per heavy atom. The Bertz CT molecular complexity index is 2050. The lowest BCUT2D eigenvalue weighted by Crippen LogP contribution is -2.50. The zero-order valence-electron chi connectivity index (χ0n) is 25.5. The molecule has 2 amide bonds. The molecule has 4 aromatic carbocycles. The molecule has 1 fully saturated rings. The van der Waals surface area contributed by atoms with Crippen LogP contribution in [0.15, 0.2) is 114 Å². The van der Waals surface area contributed by atoms with Crippen molar-refractivity contribution in [1.29, 1.82) is 0 Å². The van der Waals surface area contributed by atoms with Gasteiger partial charge in [-0.3, -0.25) is 0 Å². The first-order valence-corrected chi connectivity index (χ1v) is 15.3. The van der Waals surface area contributed by atoms with Gasteiger partial charge in [-0.05, 0) is 48.0 Å². The van der Waals surface area contributed by atoms with Crippen molar-refractivity contribution in [3.63, 3.8) is 0 Å². The van der Waals surface area contributed by atoms with Crippen LogP contribution in [-0.2, 0) is 12.6 Å². The number of hydrogen-bond acceptors (Lipinski definition) is 7. The summed E-state index contributed by atoms with van der Waals surface area (Å²) in [5, 5.41) is 7.65. The Hall–Kier alpha value is -5.91. The van der Waals surface area contributed by atoms with Gasteiger partial charge in [0.25, 0.3) is 5.71 Å². The lowest BCUT2D eigenvalue weighted by Gasteiger charge is -2.35. The molecule has 1 aliphatic rings. The van der Waals surface area contributed by atoms with Gasteiger partial charge in [0.1, 0.15) is 34.2 Å². The average molecular weight is 651 g/mol. The van der Waals surface area contributed by atoms with Crippen LogP contribution < -0.4 is 15.0 Å². The van der Waals surface area contributed by atoms with Gasteiger partial charge in [0.15, 0.2) is 0 Å². The van der Waals surface area contributed by atoms with Gasteiger partial charge in [-0.1, -0.05) is 71.9 Å². The van der Waals surface area contributed by atoms with Crippen molar-refractivity contribution in [1.82, 2.24) is 20.0 Å². The number of nitrogens with one attached hydrogen (secondary N) is 1. The van der Waals surface area contributed by atoms with E-state index in [0.29, 0.717) is 72.5 Å². The highest BCUT2D eigenvalue weighted by molar-refractivity contribution is 5.98. The lowest BCUT2D eigenvalue weighted by atomic mass is 10.1. The van der Waals surface area contributed by atoms with Gasteiger partial charge in [0.2, 0.25) is 0 Å². The number of alkyl halides is 3. The number of hydrogen-bond donors (Lipinski definition) is 1. The second kappa shape index (κ2) is 13.1. The minimum Gasteiger partial charge on any atom is -0.457 e. The number of halogens is 3. The molecule has 0 unspecified atom stereocenters. The maximum atomic E-state index is 13.2. The van der Waals surface area contributed by atoms with E-state index < -0.39 is 17.8 Å². The quantitative estimate of drug-likeness (QED) is 0.187. The smallest absolute Gasteiger partial charge is 0.416 e. The molecule has 7 rings (SSSR count). The minimum atomic E-state index is -4.51. The third kappa shape index (κ3) is 6.77. The Kier molecular flexibility index (Phi) is 8.37. The summed E-state index contributed by atoms with van der Waals surface area (Å²) >= 11 is 0. The van der Waals surface area contributed by atoms with Gasteiger partial charge in [0, 0.05) is 43.9 Å². The number of nitrogens with zero attached hydrogens (tertiary/aromatic N) is 5. The molecule has 0 bridgehead atoms. The second-order valence-corrected chi connectivity index (χ2v) is 11.3. The Morgan fingerprint density at radius 3 is 2.27 bits per heavy atom. The van der Waals surface area contributed by atoms with Crippen LogP contribution in [0.3, 0.4) is 0 Å². The predicted molar refractivity (Wildman–Crippen MR) is 175 cm³/mol. The molecule has 6 aromatic rings. The fraction of sp³-hybridized carbons (Fsp3) is 0.167. The number of ether oxygens (including phenoxy) is 1. The molecule has 0 saturated carbocycles. The molecule has 2 aromatic heterocycles. The van der Waals surface area contributed by atoms with Gasteiger partial charge in [-0.25, -0.2) is 9.78 Å². The highest BCUT2D eigenvalue weighted by Gasteiger charge is 2.31. The lowest BCUT2D eigenvalue weighted by molar-refractivity contribution is -0.137. The molecule has 1 N–H and O–H groups in total. The highest BCUT2D eigenvalue weighted by Crippen LogP contribution is 2.36. The van der Waals surface area contributed by atoms with E-state index in [1.54, 1.807) is 4.90 Å². The van der Waals surface area contributed by atoms with E-state index in [1.165, 1.54) is 12.1 Å². The number of benzene rings is 4. The van der Waals surface area contributed by atoms with Gasteiger partial charge in [-0.15, -0.1) is 0 Å². The molecular weight excluding hydrogens is 621 g/mol. The Morgan fingerprint density at radius 2 is 1.52 bits per heavy atom. The van der Waals surface area contributed by atoms with Crippen LogP contribution in [0.1, 0.15) is 17.0 Å². The van der Waals surface area contributed by atoms with Crippen molar-refractivity contribution in [3.8, 4) is 22.8 Å². The molecule has 0 radical (unpaired) electrons.